The standard InChI is InChI=1S/C19H17F5N4O3/c1-18(7-14(19(22,23)24)31-17(25)28-18)11-5-9(6-12(20)15(11)21)27-16(29)13-4-3-10(30-2)8-26-13/h3-6,8,14H,7H2,1-2H3,(H2,25,28)(H,27,29). The zero-order valence-corrected chi connectivity index (χ0v) is 16.3. The number of hydrogen-bond donors (Lipinski definition) is 2. The van der Waals surface area contributed by atoms with Crippen molar-refractivity contribution in [2.24, 2.45) is 10.7 Å². The van der Waals surface area contributed by atoms with Gasteiger partial charge in [-0.05, 0) is 25.1 Å². The van der Waals surface area contributed by atoms with Crippen LogP contribution in [0.3, 0.4) is 0 Å². The Kier molecular flexibility index (Phi) is 5.74. The predicted octanol–water partition coefficient (Wildman–Crippen LogP) is 3.50. The van der Waals surface area contributed by atoms with E-state index >= 15 is 0 Å². The lowest BCUT2D eigenvalue weighted by Crippen LogP contribution is -2.46. The van der Waals surface area contributed by atoms with E-state index in [-0.39, 0.29) is 11.4 Å². The van der Waals surface area contributed by atoms with Crippen molar-refractivity contribution in [1.82, 2.24) is 4.98 Å². The van der Waals surface area contributed by atoms with Crippen molar-refractivity contribution in [2.75, 3.05) is 12.4 Å². The van der Waals surface area contributed by atoms with E-state index in [0.717, 1.165) is 13.0 Å². The first-order valence-corrected chi connectivity index (χ1v) is 8.82. The third-order valence-electron chi connectivity index (χ3n) is 4.64. The molecule has 0 fully saturated rings. The number of pyridine rings is 1. The molecule has 1 aromatic carbocycles. The summed E-state index contributed by atoms with van der Waals surface area (Å²) in [4.78, 5) is 20.0. The van der Waals surface area contributed by atoms with Crippen LogP contribution in [0.15, 0.2) is 35.5 Å². The van der Waals surface area contributed by atoms with Gasteiger partial charge in [-0.3, -0.25) is 4.79 Å². The number of aromatic nitrogens is 1. The van der Waals surface area contributed by atoms with Gasteiger partial charge in [0.25, 0.3) is 11.9 Å². The summed E-state index contributed by atoms with van der Waals surface area (Å²) < 4.78 is 77.8. The molecule has 7 nitrogen and oxygen atoms in total. The third kappa shape index (κ3) is 4.67. The number of nitrogens with one attached hydrogen (secondary N) is 1. The Hall–Kier alpha value is -3.44. The molecule has 2 aromatic rings. The van der Waals surface area contributed by atoms with Crippen molar-refractivity contribution < 1.29 is 36.2 Å². The van der Waals surface area contributed by atoms with Gasteiger partial charge in [-0.25, -0.2) is 18.8 Å². The van der Waals surface area contributed by atoms with Crippen LogP contribution in [0, 0.1) is 11.6 Å². The number of carbonyl (C=O) groups excluding carboxylic acids is 1. The fourth-order valence-electron chi connectivity index (χ4n) is 3.10. The van der Waals surface area contributed by atoms with Gasteiger partial charge in [0.2, 0.25) is 0 Å². The second kappa shape index (κ2) is 8.00. The molecule has 1 amide bonds. The molecule has 0 saturated heterocycles. The molecular weight excluding hydrogens is 427 g/mol. The quantitative estimate of drug-likeness (QED) is 0.704. The first-order valence-electron chi connectivity index (χ1n) is 8.82. The highest BCUT2D eigenvalue weighted by Gasteiger charge is 2.50. The Morgan fingerprint density at radius 1 is 1.32 bits per heavy atom. The number of nitrogens with zero attached hydrogens (tertiary/aromatic N) is 2. The molecule has 1 aliphatic rings. The maximum atomic E-state index is 14.6. The Labute approximate surface area is 173 Å². The van der Waals surface area contributed by atoms with Crippen LogP contribution in [-0.4, -0.2) is 36.3 Å². The SMILES string of the molecule is COc1ccc(C(=O)Nc2cc(F)c(F)c(C3(C)CC(C(F)(F)F)OC(N)=N3)c2)nc1. The molecular formula is C19H17F5N4O3. The number of benzene rings is 1. The third-order valence-corrected chi connectivity index (χ3v) is 4.64. The van der Waals surface area contributed by atoms with Crippen LogP contribution < -0.4 is 15.8 Å². The Morgan fingerprint density at radius 3 is 2.61 bits per heavy atom. The van der Waals surface area contributed by atoms with E-state index in [9.17, 15) is 26.7 Å². The van der Waals surface area contributed by atoms with Crippen molar-refractivity contribution in [3.05, 3.63) is 53.4 Å². The van der Waals surface area contributed by atoms with Crippen LogP contribution >= 0.6 is 0 Å². The minimum Gasteiger partial charge on any atom is -0.495 e. The van der Waals surface area contributed by atoms with Crippen molar-refractivity contribution >= 4 is 17.6 Å². The lowest BCUT2D eigenvalue weighted by Gasteiger charge is -2.36. The Morgan fingerprint density at radius 2 is 2.03 bits per heavy atom. The number of hydrogen-bond acceptors (Lipinski definition) is 6. The number of rotatable bonds is 4. The molecule has 31 heavy (non-hydrogen) atoms. The van der Waals surface area contributed by atoms with Gasteiger partial charge < -0.3 is 20.5 Å². The first-order chi connectivity index (χ1) is 14.4. The molecule has 0 spiro atoms. The molecule has 2 atom stereocenters. The molecule has 3 N–H and O–H groups in total. The van der Waals surface area contributed by atoms with E-state index in [1.807, 2.05) is 0 Å². The molecule has 166 valence electrons. The number of halogens is 5. The van der Waals surface area contributed by atoms with Gasteiger partial charge >= 0.3 is 6.18 Å². The van der Waals surface area contributed by atoms with E-state index in [0.29, 0.717) is 11.8 Å². The molecule has 0 saturated carbocycles. The molecule has 1 aromatic heterocycles. The number of carbonyl (C=O) groups is 1. The van der Waals surface area contributed by atoms with Crippen molar-refractivity contribution in [1.29, 1.82) is 0 Å². The molecule has 2 heterocycles. The van der Waals surface area contributed by atoms with Crippen LogP contribution in [0.2, 0.25) is 0 Å². The van der Waals surface area contributed by atoms with Gasteiger partial charge in [0.1, 0.15) is 11.4 Å². The van der Waals surface area contributed by atoms with Crippen LogP contribution in [-0.2, 0) is 10.3 Å². The molecule has 3 rings (SSSR count). The maximum Gasteiger partial charge on any atom is 0.425 e. The second-order valence-corrected chi connectivity index (χ2v) is 6.93. The Bertz CT molecular complexity index is 1030. The lowest BCUT2D eigenvalue weighted by molar-refractivity contribution is -0.208. The van der Waals surface area contributed by atoms with E-state index in [1.54, 1.807) is 0 Å². The minimum atomic E-state index is -4.80. The highest BCUT2D eigenvalue weighted by molar-refractivity contribution is 6.02. The van der Waals surface area contributed by atoms with Crippen molar-refractivity contribution in [3.63, 3.8) is 0 Å². The second-order valence-electron chi connectivity index (χ2n) is 6.93. The fraction of sp³-hybridized carbons (Fsp3) is 0.316. The van der Waals surface area contributed by atoms with Crippen LogP contribution in [0.5, 0.6) is 5.75 Å². The van der Waals surface area contributed by atoms with Gasteiger partial charge in [0.15, 0.2) is 17.7 Å². The summed E-state index contributed by atoms with van der Waals surface area (Å²) in [5.74, 6) is -3.16. The van der Waals surface area contributed by atoms with Crippen LogP contribution in [0.1, 0.15) is 29.4 Å². The highest BCUT2D eigenvalue weighted by Crippen LogP contribution is 2.41. The number of alkyl halides is 3. The van der Waals surface area contributed by atoms with Crippen LogP contribution in [0.4, 0.5) is 27.6 Å². The zero-order chi connectivity index (χ0) is 23.0. The average molecular weight is 444 g/mol. The summed E-state index contributed by atoms with van der Waals surface area (Å²) in [6.45, 7) is 1.16. The van der Waals surface area contributed by atoms with Gasteiger partial charge in [-0.15, -0.1) is 0 Å². The van der Waals surface area contributed by atoms with E-state index in [2.05, 4.69) is 20.0 Å². The van der Waals surface area contributed by atoms with Crippen molar-refractivity contribution in [3.8, 4) is 5.75 Å². The monoisotopic (exact) mass is 444 g/mol. The number of methoxy groups -OCH3 is 1. The number of anilines is 1. The molecule has 0 aliphatic carbocycles. The largest absolute Gasteiger partial charge is 0.495 e. The average Bonchev–Trinajstić information content (AvgIpc) is 2.69. The topological polar surface area (TPSA) is 98.8 Å². The minimum absolute atomic E-state index is 0.0521. The number of aliphatic imine (C=N–C) groups is 1. The van der Waals surface area contributed by atoms with E-state index < -0.39 is 53.4 Å². The normalized spacial score (nSPS) is 21.1. The van der Waals surface area contributed by atoms with E-state index in [4.69, 9.17) is 10.5 Å². The van der Waals surface area contributed by atoms with Gasteiger partial charge in [-0.2, -0.15) is 13.2 Å². The van der Waals surface area contributed by atoms with Crippen molar-refractivity contribution in [2.45, 2.75) is 31.2 Å². The van der Waals surface area contributed by atoms with Gasteiger partial charge in [0.05, 0.1) is 18.8 Å². The summed E-state index contributed by atoms with van der Waals surface area (Å²) in [5.41, 5.74) is 2.69. The number of amides is 1. The zero-order valence-electron chi connectivity index (χ0n) is 16.3. The predicted molar refractivity (Wildman–Crippen MR) is 99.6 cm³/mol. The van der Waals surface area contributed by atoms with Gasteiger partial charge in [0, 0.05) is 23.7 Å². The number of amidine groups is 1. The van der Waals surface area contributed by atoms with E-state index in [1.165, 1.54) is 25.4 Å². The number of ether oxygens (including phenoxy) is 2. The highest BCUT2D eigenvalue weighted by atomic mass is 19.4. The first kappa shape index (κ1) is 22.2. The smallest absolute Gasteiger partial charge is 0.425 e. The molecule has 0 bridgehead atoms. The molecule has 2 unspecified atom stereocenters. The summed E-state index contributed by atoms with van der Waals surface area (Å²) in [6.07, 6.45) is -6.73. The molecule has 12 heteroatoms. The molecule has 0 radical (unpaired) electrons. The number of nitrogens with two attached hydrogens (primary N) is 1. The summed E-state index contributed by atoms with van der Waals surface area (Å²) in [6, 6.07) is 3.68. The van der Waals surface area contributed by atoms with Gasteiger partial charge in [-0.1, -0.05) is 0 Å². The lowest BCUT2D eigenvalue weighted by atomic mass is 9.85. The Balaban J connectivity index is 1.95. The molecule has 1 aliphatic heterocycles. The van der Waals surface area contributed by atoms with Crippen LogP contribution in [0.25, 0.3) is 0 Å². The summed E-state index contributed by atoms with van der Waals surface area (Å²) >= 11 is 0. The maximum absolute atomic E-state index is 14.6. The summed E-state index contributed by atoms with van der Waals surface area (Å²) in [7, 11) is 1.41. The summed E-state index contributed by atoms with van der Waals surface area (Å²) in [5, 5.41) is 2.33. The fourth-order valence-corrected chi connectivity index (χ4v) is 3.10.